The van der Waals surface area contributed by atoms with Crippen molar-refractivity contribution in [3.63, 3.8) is 0 Å². The summed E-state index contributed by atoms with van der Waals surface area (Å²) in [7, 11) is 1.67. The lowest BCUT2D eigenvalue weighted by molar-refractivity contribution is 0.0459. The smallest absolute Gasteiger partial charge is 0.338 e. The fourth-order valence-electron chi connectivity index (χ4n) is 3.16. The Bertz CT molecular complexity index is 1140. The van der Waals surface area contributed by atoms with Crippen molar-refractivity contribution in [1.29, 1.82) is 0 Å². The van der Waals surface area contributed by atoms with Gasteiger partial charge in [0.1, 0.15) is 12.4 Å². The van der Waals surface area contributed by atoms with Crippen LogP contribution in [0.1, 0.15) is 61.3 Å². The van der Waals surface area contributed by atoms with Gasteiger partial charge in [-0.1, -0.05) is 39.3 Å². The van der Waals surface area contributed by atoms with Gasteiger partial charge in [0, 0.05) is 13.6 Å². The van der Waals surface area contributed by atoms with Crippen LogP contribution in [0.25, 0.3) is 11.2 Å². The number of nitrogens with zero attached hydrogens (tertiary/aromatic N) is 3. The van der Waals surface area contributed by atoms with Crippen LogP contribution in [-0.2, 0) is 24.9 Å². The summed E-state index contributed by atoms with van der Waals surface area (Å²) in [5.74, 6) is 0.307. The summed E-state index contributed by atoms with van der Waals surface area (Å²) in [5.41, 5.74) is 1.19. The van der Waals surface area contributed by atoms with Crippen molar-refractivity contribution in [1.82, 2.24) is 19.1 Å². The topological polar surface area (TPSA) is 99.0 Å². The van der Waals surface area contributed by atoms with E-state index in [0.717, 1.165) is 18.4 Å². The van der Waals surface area contributed by atoms with Crippen molar-refractivity contribution in [3.8, 4) is 0 Å². The number of fused-ring (bicyclic) bond motifs is 1. The number of ether oxygens (including phenoxy) is 1. The summed E-state index contributed by atoms with van der Waals surface area (Å²) in [6, 6.07) is 7.28. The maximum atomic E-state index is 12.4. The van der Waals surface area contributed by atoms with Gasteiger partial charge in [-0.15, -0.1) is 0 Å². The van der Waals surface area contributed by atoms with Gasteiger partial charge in [-0.2, -0.15) is 0 Å². The monoisotopic (exact) mass is 398 g/mol. The van der Waals surface area contributed by atoms with Crippen molar-refractivity contribution in [2.45, 2.75) is 52.7 Å². The lowest BCUT2D eigenvalue weighted by Crippen LogP contribution is -2.31. The van der Waals surface area contributed by atoms with Crippen molar-refractivity contribution in [3.05, 3.63) is 62.1 Å². The van der Waals surface area contributed by atoms with Crippen LogP contribution in [0, 0.1) is 0 Å². The molecule has 2 aromatic heterocycles. The molecule has 0 aliphatic heterocycles. The number of hydrogen-bond acceptors (Lipinski definition) is 5. The minimum atomic E-state index is -0.505. The van der Waals surface area contributed by atoms with Gasteiger partial charge in [-0.05, 0) is 30.0 Å². The molecule has 0 saturated heterocycles. The molecule has 0 unspecified atom stereocenters. The number of imidazole rings is 1. The standard InChI is InChI=1S/C21H26N4O4/c1-5-6-11-25-18-17(19(26)23-21(25)28)24(4)16(22-18)12-29-20(27)15-9-7-14(8-10-15)13(2)3/h7-10,13H,5-6,11-12H2,1-4H3,(H,23,26,28). The molecule has 8 nitrogen and oxygen atoms in total. The van der Waals surface area contributed by atoms with Gasteiger partial charge in [-0.3, -0.25) is 14.3 Å². The average molecular weight is 398 g/mol. The zero-order chi connectivity index (χ0) is 21.1. The van der Waals surface area contributed by atoms with E-state index in [1.54, 1.807) is 23.7 Å². The van der Waals surface area contributed by atoms with Gasteiger partial charge >= 0.3 is 11.7 Å². The first-order valence-electron chi connectivity index (χ1n) is 9.79. The fraction of sp³-hybridized carbons (Fsp3) is 0.429. The molecule has 0 bridgehead atoms. The second-order valence-corrected chi connectivity index (χ2v) is 7.38. The predicted molar refractivity (Wildman–Crippen MR) is 110 cm³/mol. The summed E-state index contributed by atoms with van der Waals surface area (Å²) in [6.45, 7) is 6.55. The first-order chi connectivity index (χ1) is 13.8. The van der Waals surface area contributed by atoms with Gasteiger partial charge in [0.05, 0.1) is 5.56 Å². The van der Waals surface area contributed by atoms with Crippen LogP contribution in [-0.4, -0.2) is 25.1 Å². The second-order valence-electron chi connectivity index (χ2n) is 7.38. The lowest BCUT2D eigenvalue weighted by atomic mass is 10.0. The van der Waals surface area contributed by atoms with E-state index in [9.17, 15) is 14.4 Å². The molecule has 0 fully saturated rings. The van der Waals surface area contributed by atoms with Crippen molar-refractivity contribution < 1.29 is 9.53 Å². The number of carbonyl (C=O) groups excluding carboxylic acids is 1. The van der Waals surface area contributed by atoms with E-state index in [1.165, 1.54) is 4.57 Å². The van der Waals surface area contributed by atoms with Gasteiger partial charge in [0.15, 0.2) is 11.2 Å². The van der Waals surface area contributed by atoms with Crippen LogP contribution in [0.4, 0.5) is 0 Å². The maximum absolute atomic E-state index is 12.4. The summed E-state index contributed by atoms with van der Waals surface area (Å²) < 4.78 is 8.41. The van der Waals surface area contributed by atoms with Crippen LogP contribution in [0.5, 0.6) is 0 Å². The Hall–Kier alpha value is -3.16. The number of unbranched alkanes of at least 4 members (excludes halogenated alkanes) is 1. The Morgan fingerprint density at radius 1 is 1.21 bits per heavy atom. The van der Waals surface area contributed by atoms with E-state index in [1.807, 2.05) is 19.1 Å². The first-order valence-corrected chi connectivity index (χ1v) is 9.79. The molecule has 154 valence electrons. The van der Waals surface area contributed by atoms with Crippen LogP contribution in [0.3, 0.4) is 0 Å². The first kappa shape index (κ1) is 20.6. The number of esters is 1. The molecule has 0 spiro atoms. The zero-order valence-electron chi connectivity index (χ0n) is 17.2. The molecule has 0 aliphatic rings. The summed E-state index contributed by atoms with van der Waals surface area (Å²) in [6.07, 6.45) is 1.69. The molecule has 3 rings (SSSR count). The molecule has 0 aliphatic carbocycles. The molecule has 3 aromatic rings. The Kier molecular flexibility index (Phi) is 6.00. The molecular formula is C21H26N4O4. The minimum absolute atomic E-state index is 0.0998. The molecule has 0 atom stereocenters. The highest BCUT2D eigenvalue weighted by molar-refractivity contribution is 5.89. The number of nitrogens with one attached hydrogen (secondary N) is 1. The number of H-pyrrole nitrogens is 1. The molecule has 8 heteroatoms. The molecule has 2 heterocycles. The second kappa shape index (κ2) is 8.46. The number of carbonyl (C=O) groups is 1. The third-order valence-electron chi connectivity index (χ3n) is 4.99. The molecule has 29 heavy (non-hydrogen) atoms. The van der Waals surface area contributed by atoms with E-state index in [4.69, 9.17) is 4.74 Å². The molecule has 0 amide bonds. The maximum Gasteiger partial charge on any atom is 0.338 e. The van der Waals surface area contributed by atoms with Gasteiger partial charge in [0.2, 0.25) is 0 Å². The SMILES string of the molecule is CCCCn1c(=O)[nH]c(=O)c2c1nc(COC(=O)c1ccc(C(C)C)cc1)n2C. The normalized spacial score (nSPS) is 11.3. The van der Waals surface area contributed by atoms with E-state index < -0.39 is 17.2 Å². The van der Waals surface area contributed by atoms with Crippen molar-refractivity contribution in [2.75, 3.05) is 0 Å². The third-order valence-corrected chi connectivity index (χ3v) is 4.99. The van der Waals surface area contributed by atoms with Crippen LogP contribution < -0.4 is 11.2 Å². The largest absolute Gasteiger partial charge is 0.454 e. The van der Waals surface area contributed by atoms with Crippen LogP contribution in [0.2, 0.25) is 0 Å². The molecule has 0 saturated carbocycles. The zero-order valence-corrected chi connectivity index (χ0v) is 17.2. The van der Waals surface area contributed by atoms with E-state index >= 15 is 0 Å². The Labute approximate surface area is 168 Å². The van der Waals surface area contributed by atoms with Gasteiger partial charge in [-0.25, -0.2) is 14.6 Å². The molecule has 1 N–H and O–H groups in total. The van der Waals surface area contributed by atoms with E-state index in [2.05, 4.69) is 23.8 Å². The van der Waals surface area contributed by atoms with Crippen LogP contribution in [0.15, 0.2) is 33.9 Å². The number of aromatic nitrogens is 4. The Balaban J connectivity index is 1.86. The molecule has 1 aromatic carbocycles. The van der Waals surface area contributed by atoms with E-state index in [-0.39, 0.29) is 12.1 Å². The van der Waals surface area contributed by atoms with Gasteiger partial charge in [0.25, 0.3) is 5.56 Å². The van der Waals surface area contributed by atoms with E-state index in [0.29, 0.717) is 29.5 Å². The van der Waals surface area contributed by atoms with Crippen LogP contribution >= 0.6 is 0 Å². The molecule has 0 radical (unpaired) electrons. The van der Waals surface area contributed by atoms with Crippen molar-refractivity contribution >= 4 is 17.1 Å². The molecular weight excluding hydrogens is 372 g/mol. The van der Waals surface area contributed by atoms with Gasteiger partial charge < -0.3 is 9.30 Å². The Morgan fingerprint density at radius 3 is 2.52 bits per heavy atom. The third kappa shape index (κ3) is 4.16. The summed E-state index contributed by atoms with van der Waals surface area (Å²) >= 11 is 0. The number of benzene rings is 1. The lowest BCUT2D eigenvalue weighted by Gasteiger charge is -2.07. The van der Waals surface area contributed by atoms with Crippen molar-refractivity contribution in [2.24, 2.45) is 7.05 Å². The predicted octanol–water partition coefficient (Wildman–Crippen LogP) is 2.70. The highest BCUT2D eigenvalue weighted by Gasteiger charge is 2.18. The fourth-order valence-corrected chi connectivity index (χ4v) is 3.16. The quantitative estimate of drug-likeness (QED) is 0.617. The number of aryl methyl sites for hydroxylation is 2. The number of aromatic amines is 1. The Morgan fingerprint density at radius 2 is 1.90 bits per heavy atom. The highest BCUT2D eigenvalue weighted by atomic mass is 16.5. The minimum Gasteiger partial charge on any atom is -0.454 e. The summed E-state index contributed by atoms with van der Waals surface area (Å²) in [5, 5.41) is 0. The number of rotatable bonds is 7. The highest BCUT2D eigenvalue weighted by Crippen LogP contribution is 2.16. The number of hydrogen-bond donors (Lipinski definition) is 1. The average Bonchev–Trinajstić information content (AvgIpc) is 3.02. The summed E-state index contributed by atoms with van der Waals surface area (Å²) in [4.78, 5) is 43.6.